The van der Waals surface area contributed by atoms with Gasteiger partial charge in [-0.1, -0.05) is 36.5 Å². The molecule has 0 aliphatic rings. The van der Waals surface area contributed by atoms with Gasteiger partial charge < -0.3 is 0 Å². The average molecular weight is 272 g/mol. The van der Waals surface area contributed by atoms with Gasteiger partial charge >= 0.3 is 0 Å². The second kappa shape index (κ2) is 5.63. The van der Waals surface area contributed by atoms with E-state index in [1.165, 1.54) is 17.5 Å². The molecule has 0 aromatic heterocycles. The summed E-state index contributed by atoms with van der Waals surface area (Å²) in [6.07, 6.45) is 0. The van der Waals surface area contributed by atoms with Crippen molar-refractivity contribution in [3.63, 3.8) is 0 Å². The van der Waals surface area contributed by atoms with Gasteiger partial charge in [-0.05, 0) is 29.8 Å². The van der Waals surface area contributed by atoms with Gasteiger partial charge in [0.15, 0.2) is 0 Å². The van der Waals surface area contributed by atoms with E-state index in [2.05, 4.69) is 0 Å². The molecule has 0 heterocycles. The normalized spacial score (nSPS) is 9.95. The van der Waals surface area contributed by atoms with Crippen molar-refractivity contribution in [1.29, 1.82) is 0 Å². The Kier molecular flexibility index (Phi) is 3.92. The Morgan fingerprint density at radius 2 is 1.26 bits per heavy atom. The topological polar surface area (TPSA) is 34.1 Å². The van der Waals surface area contributed by atoms with Gasteiger partial charge in [0.2, 0.25) is 11.6 Å². The zero-order valence-corrected chi connectivity index (χ0v) is 10.6. The molecule has 0 saturated heterocycles. The number of Topliss-reactive ketones (excluding diaryl/α,β-unsaturated/α-hetero) is 2. The maximum absolute atomic E-state index is 12.7. The molecule has 0 N–H and O–H groups in total. The summed E-state index contributed by atoms with van der Waals surface area (Å²) < 4.78 is 12.7. The molecule has 0 atom stereocenters. The summed E-state index contributed by atoms with van der Waals surface area (Å²) in [6.45, 7) is 0. The molecule has 2 aromatic rings. The SMILES string of the molecule is O=C(C(=O)c1ccc(C=S)cc1)c1ccc(F)cc1. The molecule has 0 spiro atoms. The zero-order valence-electron chi connectivity index (χ0n) is 9.80. The zero-order chi connectivity index (χ0) is 13.8. The number of hydrogen-bond acceptors (Lipinski definition) is 3. The van der Waals surface area contributed by atoms with Crippen LogP contribution in [-0.4, -0.2) is 16.9 Å². The second-order valence-corrected chi connectivity index (χ2v) is 4.14. The molecule has 2 rings (SSSR count). The van der Waals surface area contributed by atoms with Gasteiger partial charge in [-0.2, -0.15) is 0 Å². The first kappa shape index (κ1) is 13.2. The van der Waals surface area contributed by atoms with Crippen molar-refractivity contribution >= 4 is 29.2 Å². The summed E-state index contributed by atoms with van der Waals surface area (Å²) in [7, 11) is 0. The van der Waals surface area contributed by atoms with Crippen LogP contribution >= 0.6 is 12.2 Å². The van der Waals surface area contributed by atoms with Gasteiger partial charge in [-0.25, -0.2) is 4.39 Å². The van der Waals surface area contributed by atoms with E-state index in [-0.39, 0.29) is 11.1 Å². The van der Waals surface area contributed by atoms with Crippen LogP contribution in [0.5, 0.6) is 0 Å². The van der Waals surface area contributed by atoms with E-state index in [0.717, 1.165) is 17.7 Å². The minimum Gasteiger partial charge on any atom is -0.285 e. The fourth-order valence-corrected chi connectivity index (χ4v) is 1.73. The Morgan fingerprint density at radius 1 is 0.842 bits per heavy atom. The standard InChI is InChI=1S/C15H9FO2S/c16-13-7-5-12(6-8-13)15(18)14(17)11-3-1-10(9-19)2-4-11/h1-9H. The number of rotatable bonds is 4. The molecule has 4 heteroatoms. The van der Waals surface area contributed by atoms with Gasteiger partial charge in [0, 0.05) is 16.5 Å². The summed E-state index contributed by atoms with van der Waals surface area (Å²) in [5, 5.41) is 1.48. The van der Waals surface area contributed by atoms with E-state index < -0.39 is 17.4 Å². The fraction of sp³-hybridized carbons (Fsp3) is 0. The van der Waals surface area contributed by atoms with Gasteiger partial charge in [0.25, 0.3) is 0 Å². The van der Waals surface area contributed by atoms with E-state index in [1.807, 2.05) is 0 Å². The average Bonchev–Trinajstić information content (AvgIpc) is 2.46. The van der Waals surface area contributed by atoms with Crippen LogP contribution in [0.2, 0.25) is 0 Å². The van der Waals surface area contributed by atoms with Gasteiger partial charge in [-0.15, -0.1) is 0 Å². The molecular weight excluding hydrogens is 263 g/mol. The summed E-state index contributed by atoms with van der Waals surface area (Å²) >= 11 is 4.76. The Bertz CT molecular complexity index is 630. The van der Waals surface area contributed by atoms with Crippen LogP contribution in [0, 0.1) is 5.82 Å². The maximum atomic E-state index is 12.7. The minimum absolute atomic E-state index is 0.172. The van der Waals surface area contributed by atoms with Crippen LogP contribution in [0.1, 0.15) is 26.3 Å². The molecule has 0 aliphatic carbocycles. The summed E-state index contributed by atoms with van der Waals surface area (Å²) in [5.74, 6) is -1.73. The van der Waals surface area contributed by atoms with Crippen molar-refractivity contribution in [2.45, 2.75) is 0 Å². The van der Waals surface area contributed by atoms with E-state index >= 15 is 0 Å². The van der Waals surface area contributed by atoms with Gasteiger partial charge in [0.1, 0.15) is 5.82 Å². The van der Waals surface area contributed by atoms with E-state index in [9.17, 15) is 14.0 Å². The van der Waals surface area contributed by atoms with Crippen LogP contribution in [0.3, 0.4) is 0 Å². The summed E-state index contributed by atoms with van der Waals surface area (Å²) in [6, 6.07) is 11.3. The predicted octanol–water partition coefficient (Wildman–Crippen LogP) is 3.24. The smallest absolute Gasteiger partial charge is 0.233 e. The van der Waals surface area contributed by atoms with Crippen LogP contribution in [0.4, 0.5) is 4.39 Å². The lowest BCUT2D eigenvalue weighted by Gasteiger charge is -2.01. The van der Waals surface area contributed by atoms with Gasteiger partial charge in [-0.3, -0.25) is 9.59 Å². The lowest BCUT2D eigenvalue weighted by Crippen LogP contribution is -2.14. The number of carbonyl (C=O) groups is 2. The molecule has 0 saturated carbocycles. The van der Waals surface area contributed by atoms with Crippen LogP contribution in [-0.2, 0) is 0 Å². The lowest BCUT2D eigenvalue weighted by atomic mass is 10.0. The molecular formula is C15H9FO2S. The molecule has 19 heavy (non-hydrogen) atoms. The minimum atomic E-state index is -0.657. The van der Waals surface area contributed by atoms with Crippen molar-refractivity contribution in [2.24, 2.45) is 0 Å². The predicted molar refractivity (Wildman–Crippen MR) is 74.3 cm³/mol. The Balaban J connectivity index is 2.25. The van der Waals surface area contributed by atoms with E-state index in [0.29, 0.717) is 0 Å². The number of carbonyl (C=O) groups excluding carboxylic acids is 2. The van der Waals surface area contributed by atoms with Crippen molar-refractivity contribution in [3.05, 3.63) is 71.0 Å². The van der Waals surface area contributed by atoms with Crippen molar-refractivity contribution < 1.29 is 14.0 Å². The fourth-order valence-electron chi connectivity index (χ4n) is 1.58. The van der Waals surface area contributed by atoms with Crippen LogP contribution in [0.15, 0.2) is 48.5 Å². The van der Waals surface area contributed by atoms with E-state index in [1.54, 1.807) is 24.3 Å². The molecule has 0 aliphatic heterocycles. The summed E-state index contributed by atoms with van der Waals surface area (Å²) in [4.78, 5) is 23.9. The van der Waals surface area contributed by atoms with Crippen LogP contribution in [0.25, 0.3) is 0 Å². The van der Waals surface area contributed by atoms with Crippen molar-refractivity contribution in [1.82, 2.24) is 0 Å². The molecule has 0 radical (unpaired) electrons. The first-order valence-electron chi connectivity index (χ1n) is 5.51. The van der Waals surface area contributed by atoms with E-state index in [4.69, 9.17) is 12.2 Å². The highest BCUT2D eigenvalue weighted by molar-refractivity contribution is 7.79. The van der Waals surface area contributed by atoms with Crippen molar-refractivity contribution in [3.8, 4) is 0 Å². The highest BCUT2D eigenvalue weighted by Crippen LogP contribution is 2.10. The number of thiocarbonyl (C=S) groups is 1. The quantitative estimate of drug-likeness (QED) is 0.487. The first-order chi connectivity index (χ1) is 9.11. The highest BCUT2D eigenvalue weighted by atomic mass is 32.1. The third-order valence-electron chi connectivity index (χ3n) is 2.62. The molecule has 2 nitrogen and oxygen atoms in total. The number of benzene rings is 2. The molecule has 94 valence electrons. The Morgan fingerprint density at radius 3 is 1.68 bits per heavy atom. The number of ketones is 2. The lowest BCUT2D eigenvalue weighted by molar-refractivity contribution is 0.0817. The third-order valence-corrected chi connectivity index (χ3v) is 2.89. The second-order valence-electron chi connectivity index (χ2n) is 3.91. The first-order valence-corrected chi connectivity index (χ1v) is 5.99. The third kappa shape index (κ3) is 2.98. The largest absolute Gasteiger partial charge is 0.285 e. The molecule has 0 amide bonds. The number of halogens is 1. The Labute approximate surface area is 114 Å². The summed E-state index contributed by atoms with van der Waals surface area (Å²) in [5.41, 5.74) is 1.25. The molecule has 0 fully saturated rings. The van der Waals surface area contributed by atoms with Crippen molar-refractivity contribution in [2.75, 3.05) is 0 Å². The molecule has 0 unspecified atom stereocenters. The molecule has 2 aromatic carbocycles. The number of hydrogen-bond donors (Lipinski definition) is 0. The monoisotopic (exact) mass is 272 g/mol. The highest BCUT2D eigenvalue weighted by Gasteiger charge is 2.17. The molecule has 0 bridgehead atoms. The Hall–Kier alpha value is -2.20. The van der Waals surface area contributed by atoms with Gasteiger partial charge in [0.05, 0.1) is 0 Å². The maximum Gasteiger partial charge on any atom is 0.233 e. The van der Waals surface area contributed by atoms with Crippen LogP contribution < -0.4 is 0 Å².